The standard InChI is InChI=1S/C15H22ClN3O2/c1-15(2,3)21-14(20)19-13-7-12(10(16)6-11(13)17)18-8-9-4-5-9/h6-7,9,18H,4-5,8,17H2,1-3H3,(H,19,20). The van der Waals surface area contributed by atoms with Crippen molar-refractivity contribution < 1.29 is 9.53 Å². The Hall–Kier alpha value is -1.62. The Kier molecular flexibility index (Phi) is 4.52. The van der Waals surface area contributed by atoms with Crippen molar-refractivity contribution in [2.75, 3.05) is 22.9 Å². The molecule has 0 unspecified atom stereocenters. The second kappa shape index (κ2) is 6.02. The van der Waals surface area contributed by atoms with Gasteiger partial charge in [0.2, 0.25) is 0 Å². The molecule has 0 aromatic heterocycles. The van der Waals surface area contributed by atoms with Gasteiger partial charge in [-0.2, -0.15) is 0 Å². The molecule has 0 atom stereocenters. The van der Waals surface area contributed by atoms with Crippen LogP contribution < -0.4 is 16.4 Å². The third kappa shape index (κ3) is 5.01. The van der Waals surface area contributed by atoms with E-state index in [4.69, 9.17) is 22.1 Å². The molecule has 1 aromatic carbocycles. The van der Waals surface area contributed by atoms with Gasteiger partial charge in [-0.3, -0.25) is 5.32 Å². The fourth-order valence-corrected chi connectivity index (χ4v) is 2.06. The van der Waals surface area contributed by atoms with Crippen LogP contribution in [0.5, 0.6) is 0 Å². The summed E-state index contributed by atoms with van der Waals surface area (Å²) < 4.78 is 5.22. The number of rotatable bonds is 4. The van der Waals surface area contributed by atoms with Gasteiger partial charge >= 0.3 is 6.09 Å². The Morgan fingerprint density at radius 2 is 2.05 bits per heavy atom. The molecule has 6 heteroatoms. The number of nitrogens with two attached hydrogens (primary N) is 1. The summed E-state index contributed by atoms with van der Waals surface area (Å²) >= 11 is 6.16. The van der Waals surface area contributed by atoms with Crippen LogP contribution in [0.2, 0.25) is 5.02 Å². The smallest absolute Gasteiger partial charge is 0.412 e. The van der Waals surface area contributed by atoms with Gasteiger partial charge < -0.3 is 15.8 Å². The summed E-state index contributed by atoms with van der Waals surface area (Å²) in [5.41, 5.74) is 7.00. The van der Waals surface area contributed by atoms with E-state index in [1.54, 1.807) is 32.9 Å². The summed E-state index contributed by atoms with van der Waals surface area (Å²) in [6.07, 6.45) is 1.97. The highest BCUT2D eigenvalue weighted by atomic mass is 35.5. The molecular weight excluding hydrogens is 290 g/mol. The molecule has 4 N–H and O–H groups in total. The number of carbonyl (C=O) groups excluding carboxylic acids is 1. The summed E-state index contributed by atoms with van der Waals surface area (Å²) in [4.78, 5) is 11.8. The molecule has 0 radical (unpaired) electrons. The molecule has 21 heavy (non-hydrogen) atoms. The van der Waals surface area contributed by atoms with Crippen molar-refractivity contribution in [1.29, 1.82) is 0 Å². The minimum atomic E-state index is -0.557. The fourth-order valence-electron chi connectivity index (χ4n) is 1.82. The van der Waals surface area contributed by atoms with Crippen molar-refractivity contribution in [3.8, 4) is 0 Å². The lowest BCUT2D eigenvalue weighted by Crippen LogP contribution is -2.27. The first-order chi connectivity index (χ1) is 9.74. The lowest BCUT2D eigenvalue weighted by atomic mass is 10.2. The molecule has 116 valence electrons. The number of nitrogen functional groups attached to an aromatic ring is 1. The Balaban J connectivity index is 2.06. The lowest BCUT2D eigenvalue weighted by molar-refractivity contribution is 0.0636. The Morgan fingerprint density at radius 1 is 1.38 bits per heavy atom. The van der Waals surface area contributed by atoms with Crippen LogP contribution in [0.4, 0.5) is 21.9 Å². The number of amides is 1. The molecule has 1 saturated carbocycles. The van der Waals surface area contributed by atoms with Crippen molar-refractivity contribution in [1.82, 2.24) is 0 Å². The van der Waals surface area contributed by atoms with Crippen LogP contribution in [0, 0.1) is 5.92 Å². The van der Waals surface area contributed by atoms with Crippen LogP contribution in [-0.2, 0) is 4.74 Å². The molecule has 1 aromatic rings. The topological polar surface area (TPSA) is 76.4 Å². The van der Waals surface area contributed by atoms with E-state index in [2.05, 4.69) is 10.6 Å². The van der Waals surface area contributed by atoms with Gasteiger partial charge in [0.05, 0.1) is 22.1 Å². The van der Waals surface area contributed by atoms with Gasteiger partial charge in [-0.25, -0.2) is 4.79 Å². The van der Waals surface area contributed by atoms with E-state index in [-0.39, 0.29) is 0 Å². The van der Waals surface area contributed by atoms with Crippen molar-refractivity contribution in [3.05, 3.63) is 17.2 Å². The van der Waals surface area contributed by atoms with Crippen LogP contribution in [0.1, 0.15) is 33.6 Å². The van der Waals surface area contributed by atoms with Crippen molar-refractivity contribution in [3.63, 3.8) is 0 Å². The fraction of sp³-hybridized carbons (Fsp3) is 0.533. The largest absolute Gasteiger partial charge is 0.444 e. The molecule has 0 heterocycles. The highest BCUT2D eigenvalue weighted by molar-refractivity contribution is 6.33. The number of nitrogens with one attached hydrogen (secondary N) is 2. The van der Waals surface area contributed by atoms with Gasteiger partial charge in [-0.05, 0) is 51.7 Å². The molecule has 1 amide bonds. The second-order valence-corrected chi connectivity index (χ2v) is 6.78. The minimum absolute atomic E-state index is 0.405. The number of hydrogen-bond donors (Lipinski definition) is 3. The predicted molar refractivity (Wildman–Crippen MR) is 86.9 cm³/mol. The first-order valence-electron chi connectivity index (χ1n) is 7.07. The average Bonchev–Trinajstić information content (AvgIpc) is 3.12. The van der Waals surface area contributed by atoms with E-state index in [0.717, 1.165) is 18.2 Å². The molecule has 1 aliphatic carbocycles. The normalized spacial score (nSPS) is 14.7. The van der Waals surface area contributed by atoms with E-state index in [0.29, 0.717) is 16.4 Å². The Labute approximate surface area is 130 Å². The van der Waals surface area contributed by atoms with Gasteiger partial charge in [0.1, 0.15) is 5.60 Å². The van der Waals surface area contributed by atoms with E-state index >= 15 is 0 Å². The maximum Gasteiger partial charge on any atom is 0.412 e. The zero-order chi connectivity index (χ0) is 15.6. The molecule has 0 bridgehead atoms. The molecule has 0 spiro atoms. The maximum absolute atomic E-state index is 11.8. The molecule has 1 aliphatic rings. The monoisotopic (exact) mass is 311 g/mol. The third-order valence-corrected chi connectivity index (χ3v) is 3.37. The quantitative estimate of drug-likeness (QED) is 0.732. The number of anilines is 3. The maximum atomic E-state index is 11.8. The number of hydrogen-bond acceptors (Lipinski definition) is 4. The van der Waals surface area contributed by atoms with Gasteiger partial charge in [0.25, 0.3) is 0 Å². The van der Waals surface area contributed by atoms with Crippen LogP contribution in [0.3, 0.4) is 0 Å². The van der Waals surface area contributed by atoms with Gasteiger partial charge in [0, 0.05) is 6.54 Å². The highest BCUT2D eigenvalue weighted by Gasteiger charge is 2.21. The van der Waals surface area contributed by atoms with Crippen LogP contribution in [0.25, 0.3) is 0 Å². The average molecular weight is 312 g/mol. The van der Waals surface area contributed by atoms with E-state index in [1.807, 2.05) is 0 Å². The van der Waals surface area contributed by atoms with Gasteiger partial charge in [0.15, 0.2) is 0 Å². The molecular formula is C15H22ClN3O2. The zero-order valence-corrected chi connectivity index (χ0v) is 13.4. The summed E-state index contributed by atoms with van der Waals surface area (Å²) in [5.74, 6) is 0.723. The number of benzene rings is 1. The van der Waals surface area contributed by atoms with E-state index in [9.17, 15) is 4.79 Å². The van der Waals surface area contributed by atoms with E-state index < -0.39 is 11.7 Å². The Bertz CT molecular complexity index is 536. The number of ether oxygens (including phenoxy) is 1. The summed E-state index contributed by atoms with van der Waals surface area (Å²) in [5, 5.41) is 6.48. The third-order valence-electron chi connectivity index (χ3n) is 3.05. The van der Waals surface area contributed by atoms with Crippen LogP contribution >= 0.6 is 11.6 Å². The minimum Gasteiger partial charge on any atom is -0.444 e. The highest BCUT2D eigenvalue weighted by Crippen LogP contribution is 2.34. The van der Waals surface area contributed by atoms with Crippen molar-refractivity contribution in [2.24, 2.45) is 5.92 Å². The van der Waals surface area contributed by atoms with Crippen molar-refractivity contribution in [2.45, 2.75) is 39.2 Å². The molecule has 2 rings (SSSR count). The van der Waals surface area contributed by atoms with Crippen molar-refractivity contribution >= 4 is 34.8 Å². The van der Waals surface area contributed by atoms with Gasteiger partial charge in [-0.15, -0.1) is 0 Å². The number of carbonyl (C=O) groups is 1. The Morgan fingerprint density at radius 3 is 2.62 bits per heavy atom. The molecule has 5 nitrogen and oxygen atoms in total. The summed E-state index contributed by atoms with van der Waals surface area (Å²) in [6.45, 7) is 6.30. The first kappa shape index (κ1) is 15.8. The van der Waals surface area contributed by atoms with E-state index in [1.165, 1.54) is 12.8 Å². The SMILES string of the molecule is CC(C)(C)OC(=O)Nc1cc(NCC2CC2)c(Cl)cc1N. The van der Waals surface area contributed by atoms with Crippen LogP contribution in [-0.4, -0.2) is 18.2 Å². The second-order valence-electron chi connectivity index (χ2n) is 6.37. The molecule has 0 saturated heterocycles. The summed E-state index contributed by atoms with van der Waals surface area (Å²) in [6, 6.07) is 3.37. The number of halogens is 1. The summed E-state index contributed by atoms with van der Waals surface area (Å²) in [7, 11) is 0. The predicted octanol–water partition coefficient (Wildman–Crippen LogP) is 4.09. The molecule has 1 fully saturated rings. The first-order valence-corrected chi connectivity index (χ1v) is 7.45. The zero-order valence-electron chi connectivity index (χ0n) is 12.6. The molecule has 0 aliphatic heterocycles. The van der Waals surface area contributed by atoms with Crippen LogP contribution in [0.15, 0.2) is 12.1 Å². The van der Waals surface area contributed by atoms with Gasteiger partial charge in [-0.1, -0.05) is 11.6 Å². The lowest BCUT2D eigenvalue weighted by Gasteiger charge is -2.20.